The lowest BCUT2D eigenvalue weighted by Gasteiger charge is -2.37. The predicted octanol–water partition coefficient (Wildman–Crippen LogP) is 3.93. The van der Waals surface area contributed by atoms with E-state index in [4.69, 9.17) is 9.15 Å². The molecule has 2 unspecified atom stereocenters. The second kappa shape index (κ2) is 7.48. The van der Waals surface area contributed by atoms with E-state index in [0.29, 0.717) is 29.1 Å². The second-order valence-corrected chi connectivity index (χ2v) is 7.51. The van der Waals surface area contributed by atoms with Crippen molar-refractivity contribution in [3.05, 3.63) is 58.5 Å². The molecule has 0 aliphatic carbocycles. The molecule has 2 atom stereocenters. The normalized spacial score (nSPS) is 19.6. The molecule has 0 bridgehead atoms. The van der Waals surface area contributed by atoms with Gasteiger partial charge in [-0.2, -0.15) is 0 Å². The molecule has 0 radical (unpaired) electrons. The van der Waals surface area contributed by atoms with Crippen molar-refractivity contribution >= 4 is 16.7 Å². The highest BCUT2D eigenvalue weighted by atomic mass is 19.1. The van der Waals surface area contributed by atoms with Gasteiger partial charge >= 0.3 is 5.63 Å². The zero-order valence-electron chi connectivity index (χ0n) is 16.5. The van der Waals surface area contributed by atoms with Crippen molar-refractivity contribution in [1.82, 2.24) is 5.32 Å². The Morgan fingerprint density at radius 1 is 1.07 bits per heavy atom. The highest BCUT2D eigenvalue weighted by Gasteiger charge is 2.22. The van der Waals surface area contributed by atoms with E-state index in [0.717, 1.165) is 24.8 Å². The Morgan fingerprint density at radius 2 is 1.79 bits per heavy atom. The number of benzene rings is 2. The average molecular weight is 400 g/mol. The van der Waals surface area contributed by atoms with Gasteiger partial charge in [-0.25, -0.2) is 13.6 Å². The molecule has 0 spiro atoms. The van der Waals surface area contributed by atoms with Gasteiger partial charge in [-0.3, -0.25) is 0 Å². The summed E-state index contributed by atoms with van der Waals surface area (Å²) in [5, 5.41) is 4.14. The molecule has 1 saturated heterocycles. The quantitative estimate of drug-likeness (QED) is 0.675. The van der Waals surface area contributed by atoms with Gasteiger partial charge in [0.25, 0.3) is 0 Å². The molecule has 29 heavy (non-hydrogen) atoms. The van der Waals surface area contributed by atoms with Gasteiger partial charge in [-0.1, -0.05) is 0 Å². The average Bonchev–Trinajstić information content (AvgIpc) is 2.65. The maximum absolute atomic E-state index is 14.1. The number of anilines is 1. The van der Waals surface area contributed by atoms with Crippen LogP contribution in [-0.4, -0.2) is 32.3 Å². The van der Waals surface area contributed by atoms with E-state index < -0.39 is 17.3 Å². The van der Waals surface area contributed by atoms with E-state index in [9.17, 15) is 13.6 Å². The number of nitrogens with zero attached hydrogens (tertiary/aromatic N) is 1. The Kier molecular flexibility index (Phi) is 5.00. The van der Waals surface area contributed by atoms with Crippen LogP contribution in [0.15, 0.2) is 45.6 Å². The Bertz CT molecular complexity index is 1120. The Balaban J connectivity index is 1.79. The number of halogens is 2. The minimum atomic E-state index is -0.876. The molecule has 3 aromatic rings. The van der Waals surface area contributed by atoms with Gasteiger partial charge in [0.05, 0.1) is 12.7 Å². The van der Waals surface area contributed by atoms with Gasteiger partial charge in [-0.15, -0.1) is 0 Å². The first-order valence-corrected chi connectivity index (χ1v) is 9.48. The molecular weight excluding hydrogens is 378 g/mol. The molecule has 152 valence electrons. The van der Waals surface area contributed by atoms with Crippen molar-refractivity contribution in [1.29, 1.82) is 0 Å². The topological polar surface area (TPSA) is 54.7 Å². The number of fused-ring (bicyclic) bond motifs is 1. The fourth-order valence-corrected chi connectivity index (χ4v) is 3.99. The molecular formula is C22H22F2N2O3. The summed E-state index contributed by atoms with van der Waals surface area (Å²) in [6, 6.07) is 9.68. The van der Waals surface area contributed by atoms with Gasteiger partial charge in [0.1, 0.15) is 11.4 Å². The smallest absolute Gasteiger partial charge is 0.344 e. The molecule has 7 heteroatoms. The van der Waals surface area contributed by atoms with Crippen LogP contribution in [-0.2, 0) is 0 Å². The van der Waals surface area contributed by atoms with Gasteiger partial charge in [0.2, 0.25) is 0 Å². The summed E-state index contributed by atoms with van der Waals surface area (Å²) in [5.74, 6) is -1.87. The first-order chi connectivity index (χ1) is 13.9. The lowest BCUT2D eigenvalue weighted by Crippen LogP contribution is -2.54. The van der Waals surface area contributed by atoms with Crippen LogP contribution in [0.1, 0.15) is 13.8 Å². The van der Waals surface area contributed by atoms with Crippen molar-refractivity contribution in [2.75, 3.05) is 25.1 Å². The minimum Gasteiger partial charge on any atom is -0.493 e. The molecule has 1 aliphatic rings. The van der Waals surface area contributed by atoms with Crippen LogP contribution in [0.25, 0.3) is 22.1 Å². The fraction of sp³-hybridized carbons (Fsp3) is 0.318. The molecule has 0 amide bonds. The van der Waals surface area contributed by atoms with Crippen LogP contribution in [0.4, 0.5) is 14.5 Å². The number of rotatable bonds is 3. The molecule has 2 aromatic carbocycles. The molecule has 1 aliphatic heterocycles. The number of piperazine rings is 1. The van der Waals surface area contributed by atoms with Crippen molar-refractivity contribution < 1.29 is 17.9 Å². The Hall–Kier alpha value is -2.93. The van der Waals surface area contributed by atoms with Gasteiger partial charge in [0.15, 0.2) is 11.6 Å². The van der Waals surface area contributed by atoms with Crippen LogP contribution in [0.3, 0.4) is 0 Å². The van der Waals surface area contributed by atoms with E-state index in [2.05, 4.69) is 24.1 Å². The van der Waals surface area contributed by atoms with E-state index in [-0.39, 0.29) is 16.9 Å². The number of hydrogen-bond acceptors (Lipinski definition) is 5. The van der Waals surface area contributed by atoms with Crippen LogP contribution >= 0.6 is 0 Å². The molecule has 1 aromatic heterocycles. The maximum Gasteiger partial charge on any atom is 0.344 e. The fourth-order valence-electron chi connectivity index (χ4n) is 3.99. The summed E-state index contributed by atoms with van der Waals surface area (Å²) in [7, 11) is 1.27. The van der Waals surface area contributed by atoms with E-state index in [1.807, 2.05) is 18.2 Å². The zero-order valence-corrected chi connectivity index (χ0v) is 16.5. The molecule has 5 nitrogen and oxygen atoms in total. The van der Waals surface area contributed by atoms with Crippen molar-refractivity contribution in [3.8, 4) is 16.9 Å². The lowest BCUT2D eigenvalue weighted by molar-refractivity contribution is 0.385. The number of hydrogen-bond donors (Lipinski definition) is 1. The molecule has 4 rings (SSSR count). The number of methoxy groups -OCH3 is 1. The van der Waals surface area contributed by atoms with Gasteiger partial charge in [0, 0.05) is 53.9 Å². The summed E-state index contributed by atoms with van der Waals surface area (Å²) in [6.45, 7) is 5.94. The first-order valence-electron chi connectivity index (χ1n) is 9.48. The van der Waals surface area contributed by atoms with Crippen LogP contribution in [0.2, 0.25) is 0 Å². The largest absolute Gasteiger partial charge is 0.493 e. The maximum atomic E-state index is 14.1. The predicted molar refractivity (Wildman–Crippen MR) is 109 cm³/mol. The van der Waals surface area contributed by atoms with Crippen molar-refractivity contribution in [2.45, 2.75) is 25.9 Å². The minimum absolute atomic E-state index is 0.0227. The van der Waals surface area contributed by atoms with Crippen LogP contribution in [0.5, 0.6) is 5.75 Å². The first kappa shape index (κ1) is 19.4. The summed E-state index contributed by atoms with van der Waals surface area (Å²) in [5.41, 5.74) is 0.772. The van der Waals surface area contributed by atoms with Crippen LogP contribution in [0, 0.1) is 11.6 Å². The van der Waals surface area contributed by atoms with Crippen molar-refractivity contribution in [2.24, 2.45) is 0 Å². The lowest BCUT2D eigenvalue weighted by atomic mass is 10.0. The molecule has 1 N–H and O–H groups in total. The second-order valence-electron chi connectivity index (χ2n) is 7.51. The van der Waals surface area contributed by atoms with Crippen LogP contribution < -0.4 is 20.6 Å². The van der Waals surface area contributed by atoms with E-state index >= 15 is 0 Å². The van der Waals surface area contributed by atoms with E-state index in [1.54, 1.807) is 6.07 Å². The zero-order chi connectivity index (χ0) is 20.7. The Labute approximate surface area is 166 Å². The summed E-state index contributed by atoms with van der Waals surface area (Å²) >= 11 is 0. The molecule has 0 saturated carbocycles. The van der Waals surface area contributed by atoms with Gasteiger partial charge < -0.3 is 19.4 Å². The summed E-state index contributed by atoms with van der Waals surface area (Å²) in [6.07, 6.45) is 0. The third-order valence-corrected chi connectivity index (χ3v) is 5.14. The third kappa shape index (κ3) is 3.70. The SMILES string of the molecule is COc1c(F)cc(F)cc1-c1cc2ccc(N3CC(C)NC(C)C3)cc2oc1=O. The standard InChI is InChI=1S/C22H22F2N2O3/c1-12-10-26(11-13(2)25-12)16-5-4-14-6-18(22(27)29-20(14)9-16)17-7-15(23)8-19(24)21(17)28-3/h4-9,12-13,25H,10-11H2,1-3H3. The summed E-state index contributed by atoms with van der Waals surface area (Å²) in [4.78, 5) is 14.9. The molecule has 1 fully saturated rings. The van der Waals surface area contributed by atoms with E-state index in [1.165, 1.54) is 7.11 Å². The van der Waals surface area contributed by atoms with Gasteiger partial charge in [-0.05, 0) is 38.1 Å². The third-order valence-electron chi connectivity index (χ3n) is 5.14. The monoisotopic (exact) mass is 400 g/mol. The molecule has 2 heterocycles. The number of nitrogens with one attached hydrogen (secondary N) is 1. The highest BCUT2D eigenvalue weighted by Crippen LogP contribution is 2.33. The summed E-state index contributed by atoms with van der Waals surface area (Å²) < 4.78 is 38.4. The highest BCUT2D eigenvalue weighted by molar-refractivity contribution is 5.85. The van der Waals surface area contributed by atoms with Crippen molar-refractivity contribution in [3.63, 3.8) is 0 Å². The number of ether oxygens (including phenoxy) is 1. The Morgan fingerprint density at radius 3 is 2.48 bits per heavy atom.